The molecule has 0 spiro atoms. The van der Waals surface area contributed by atoms with Crippen molar-refractivity contribution in [3.8, 4) is 11.5 Å². The van der Waals surface area contributed by atoms with Gasteiger partial charge in [-0.3, -0.25) is 4.98 Å². The van der Waals surface area contributed by atoms with Crippen LogP contribution >= 0.6 is 23.2 Å². The normalized spacial score (nSPS) is 16.5. The molecule has 2 aromatic heterocycles. The van der Waals surface area contributed by atoms with Gasteiger partial charge < -0.3 is 19.4 Å². The molecule has 1 aromatic carbocycles. The molecular weight excluding hydrogens is 485 g/mol. The fraction of sp³-hybridized carbons (Fsp3) is 0.269. The van der Waals surface area contributed by atoms with E-state index in [1.807, 2.05) is 29.7 Å². The third-order valence-corrected chi connectivity index (χ3v) is 6.64. The van der Waals surface area contributed by atoms with E-state index in [4.69, 9.17) is 42.7 Å². The van der Waals surface area contributed by atoms with Crippen molar-refractivity contribution in [3.05, 3.63) is 76.6 Å². The summed E-state index contributed by atoms with van der Waals surface area (Å²) in [7, 11) is 3.06. The van der Waals surface area contributed by atoms with Crippen molar-refractivity contribution in [2.24, 2.45) is 4.99 Å². The van der Waals surface area contributed by atoms with Crippen LogP contribution in [0.25, 0.3) is 16.7 Å². The van der Waals surface area contributed by atoms with Gasteiger partial charge in [-0.2, -0.15) is 0 Å². The summed E-state index contributed by atoms with van der Waals surface area (Å²) < 4.78 is 12.8. The molecular formula is C26H27Cl2N5O2. The molecule has 9 heteroatoms. The number of nitrogens with one attached hydrogen (secondary N) is 1. The van der Waals surface area contributed by atoms with Crippen molar-refractivity contribution < 1.29 is 9.47 Å². The Bertz CT molecular complexity index is 1380. The first-order valence-corrected chi connectivity index (χ1v) is 11.9. The summed E-state index contributed by atoms with van der Waals surface area (Å²) in [6.07, 6.45) is 7.33. The molecule has 4 rings (SSSR count). The van der Waals surface area contributed by atoms with E-state index in [9.17, 15) is 0 Å². The van der Waals surface area contributed by atoms with Crippen molar-refractivity contribution in [2.75, 3.05) is 14.2 Å². The summed E-state index contributed by atoms with van der Waals surface area (Å²) in [6.45, 7) is 10.5. The van der Waals surface area contributed by atoms with Gasteiger partial charge in [-0.05, 0) is 37.5 Å². The van der Waals surface area contributed by atoms with E-state index in [0.717, 1.165) is 35.3 Å². The number of aromatic nitrogens is 3. The maximum Gasteiger partial charge on any atom is 0.160 e. The smallest absolute Gasteiger partial charge is 0.160 e. The second-order valence-electron chi connectivity index (χ2n) is 8.07. The molecule has 0 bridgehead atoms. The summed E-state index contributed by atoms with van der Waals surface area (Å²) >= 11 is 13.2. The molecule has 0 amide bonds. The molecule has 35 heavy (non-hydrogen) atoms. The van der Waals surface area contributed by atoms with Gasteiger partial charge in [0.25, 0.3) is 0 Å². The van der Waals surface area contributed by atoms with E-state index in [1.165, 1.54) is 14.2 Å². The quantitative estimate of drug-likeness (QED) is 0.403. The lowest BCUT2D eigenvalue weighted by molar-refractivity contribution is 0.395. The van der Waals surface area contributed by atoms with Gasteiger partial charge in [-0.25, -0.2) is 9.98 Å². The molecule has 1 unspecified atom stereocenters. The highest BCUT2D eigenvalue weighted by Crippen LogP contribution is 2.45. The van der Waals surface area contributed by atoms with E-state index in [1.54, 1.807) is 18.3 Å². The second-order valence-corrected chi connectivity index (χ2v) is 8.82. The summed E-state index contributed by atoms with van der Waals surface area (Å²) in [5.41, 5.74) is 5.03. The first-order chi connectivity index (χ1) is 16.9. The number of methoxy groups -OCH3 is 2. The topological polar surface area (TPSA) is 73.6 Å². The number of fused-ring (bicyclic) bond motifs is 1. The van der Waals surface area contributed by atoms with Crippen LogP contribution in [-0.4, -0.2) is 34.8 Å². The summed E-state index contributed by atoms with van der Waals surface area (Å²) in [5.74, 6) is 0.831. The molecule has 3 aromatic rings. The Labute approximate surface area is 214 Å². The minimum absolute atomic E-state index is 0.170. The first-order valence-electron chi connectivity index (χ1n) is 11.1. The molecule has 7 nitrogen and oxygen atoms in total. The van der Waals surface area contributed by atoms with Gasteiger partial charge in [0.15, 0.2) is 5.65 Å². The minimum atomic E-state index is 0.170. The van der Waals surface area contributed by atoms with Crippen molar-refractivity contribution in [3.63, 3.8) is 0 Å². The van der Waals surface area contributed by atoms with Crippen LogP contribution < -0.4 is 20.3 Å². The average Bonchev–Trinajstić information content (AvgIpc) is 3.28. The first kappa shape index (κ1) is 24.8. The zero-order chi connectivity index (χ0) is 25.1. The fourth-order valence-corrected chi connectivity index (χ4v) is 4.65. The second kappa shape index (κ2) is 10.5. The SMILES string of the molecule is C=C/C(=C\C)c1cnc2cc/c(=N\c3c(Cl)c(OC)cc(OC)c3Cl)n(CC3CCC(=C)N3)c2n1. The number of hydrogen-bond acceptors (Lipinski definition) is 6. The van der Waals surface area contributed by atoms with Crippen LogP contribution in [0.4, 0.5) is 5.69 Å². The number of rotatable bonds is 7. The molecule has 182 valence electrons. The van der Waals surface area contributed by atoms with Gasteiger partial charge in [-0.15, -0.1) is 0 Å². The maximum absolute atomic E-state index is 6.62. The Kier molecular flexibility index (Phi) is 7.48. The predicted octanol–water partition coefficient (Wildman–Crippen LogP) is 5.84. The molecule has 0 saturated carbocycles. The van der Waals surface area contributed by atoms with Crippen LogP contribution in [0.5, 0.6) is 11.5 Å². The molecule has 1 saturated heterocycles. The van der Waals surface area contributed by atoms with Gasteiger partial charge in [0.2, 0.25) is 0 Å². The van der Waals surface area contributed by atoms with E-state index in [-0.39, 0.29) is 6.04 Å². The molecule has 0 aliphatic carbocycles. The molecule has 1 fully saturated rings. The number of halogens is 2. The van der Waals surface area contributed by atoms with Crippen molar-refractivity contribution in [1.29, 1.82) is 0 Å². The van der Waals surface area contributed by atoms with Crippen LogP contribution in [0.1, 0.15) is 25.5 Å². The largest absolute Gasteiger partial charge is 0.495 e. The molecule has 1 aliphatic rings. The molecule has 0 radical (unpaired) electrons. The number of hydrogen-bond donors (Lipinski definition) is 1. The fourth-order valence-electron chi connectivity index (χ4n) is 4.07. The third kappa shape index (κ3) is 4.92. The number of pyridine rings is 1. The summed E-state index contributed by atoms with van der Waals surface area (Å²) in [6, 6.07) is 5.57. The van der Waals surface area contributed by atoms with Crippen LogP contribution in [0.3, 0.4) is 0 Å². The van der Waals surface area contributed by atoms with E-state index in [2.05, 4.69) is 23.5 Å². The standard InChI is InChI=1S/C26H27Cl2N5O2/c1-6-16(7-2)19-13-29-18-10-11-22(33(26(18)31-19)14-17-9-8-15(3)30-17)32-25-23(27)20(34-4)12-21(35-5)24(25)28/h6-7,10-13,17,30H,1,3,8-9,14H2,2,4-5H3/b16-7+,32-22+. The summed E-state index contributed by atoms with van der Waals surface area (Å²) in [5, 5.41) is 4.04. The molecule has 3 heterocycles. The summed E-state index contributed by atoms with van der Waals surface area (Å²) in [4.78, 5) is 14.4. The average molecular weight is 512 g/mol. The van der Waals surface area contributed by atoms with Crippen LogP contribution in [0.15, 0.2) is 60.4 Å². The Morgan fingerprint density at radius 1 is 1.26 bits per heavy atom. The Morgan fingerprint density at radius 3 is 2.54 bits per heavy atom. The number of nitrogens with zero attached hydrogens (tertiary/aromatic N) is 4. The lowest BCUT2D eigenvalue weighted by Gasteiger charge is -2.17. The lowest BCUT2D eigenvalue weighted by Crippen LogP contribution is -2.32. The van der Waals surface area contributed by atoms with E-state index in [0.29, 0.717) is 44.9 Å². The number of allylic oxidation sites excluding steroid dienone is 4. The zero-order valence-electron chi connectivity index (χ0n) is 19.9. The monoisotopic (exact) mass is 511 g/mol. The minimum Gasteiger partial charge on any atom is -0.495 e. The van der Waals surface area contributed by atoms with E-state index < -0.39 is 0 Å². The maximum atomic E-state index is 6.62. The van der Waals surface area contributed by atoms with Crippen molar-refractivity contribution in [1.82, 2.24) is 19.9 Å². The van der Waals surface area contributed by atoms with Gasteiger partial charge in [0.05, 0.1) is 26.1 Å². The highest BCUT2D eigenvalue weighted by atomic mass is 35.5. The third-order valence-electron chi connectivity index (χ3n) is 5.91. The Morgan fingerprint density at radius 2 is 1.97 bits per heavy atom. The van der Waals surface area contributed by atoms with Gasteiger partial charge >= 0.3 is 0 Å². The van der Waals surface area contributed by atoms with Gasteiger partial charge in [0, 0.05) is 24.4 Å². The predicted molar refractivity (Wildman–Crippen MR) is 141 cm³/mol. The van der Waals surface area contributed by atoms with Gasteiger partial charge in [0.1, 0.15) is 38.2 Å². The lowest BCUT2D eigenvalue weighted by atomic mass is 10.2. The Hall–Kier alpha value is -3.29. The van der Waals surface area contributed by atoms with Crippen molar-refractivity contribution >= 4 is 45.6 Å². The van der Waals surface area contributed by atoms with Crippen LogP contribution in [0, 0.1) is 0 Å². The number of benzene rings is 1. The molecule has 1 aliphatic heterocycles. The van der Waals surface area contributed by atoms with Crippen molar-refractivity contribution in [2.45, 2.75) is 32.4 Å². The molecule has 1 N–H and O–H groups in total. The van der Waals surface area contributed by atoms with Crippen LogP contribution in [0.2, 0.25) is 10.0 Å². The zero-order valence-corrected chi connectivity index (χ0v) is 21.5. The Balaban J connectivity index is 2.00. The number of ether oxygens (including phenoxy) is 2. The van der Waals surface area contributed by atoms with Gasteiger partial charge in [-0.1, -0.05) is 48.5 Å². The van der Waals surface area contributed by atoms with Crippen LogP contribution in [-0.2, 0) is 6.54 Å². The van der Waals surface area contributed by atoms with E-state index >= 15 is 0 Å². The molecule has 1 atom stereocenters. The highest BCUT2D eigenvalue weighted by molar-refractivity contribution is 6.40. The highest BCUT2D eigenvalue weighted by Gasteiger charge is 2.21.